The number of nitrogens with two attached hydrogens (primary N) is 3. The van der Waals surface area contributed by atoms with Crippen LogP contribution >= 0.6 is 0 Å². The Kier molecular flexibility index (Phi) is 17.6. The number of carbonyl (C=O) groups is 9. The lowest BCUT2D eigenvalue weighted by atomic mass is 10.0. The van der Waals surface area contributed by atoms with Crippen molar-refractivity contribution in [2.75, 3.05) is 13.1 Å². The number of imide groups is 1. The molecule has 7 atom stereocenters. The fourth-order valence-corrected chi connectivity index (χ4v) is 8.18. The number of primary amides is 1. The van der Waals surface area contributed by atoms with Crippen molar-refractivity contribution in [3.63, 3.8) is 0 Å². The highest BCUT2D eigenvalue weighted by Gasteiger charge is 2.44. The maximum atomic E-state index is 14.6. The first kappa shape index (κ1) is 51.1. The van der Waals surface area contributed by atoms with Crippen molar-refractivity contribution in [3.8, 4) is 0 Å². The van der Waals surface area contributed by atoms with Gasteiger partial charge in [-0.1, -0.05) is 48.5 Å². The normalized spacial score (nSPS) is 23.8. The Morgan fingerprint density at radius 1 is 0.729 bits per heavy atom. The summed E-state index contributed by atoms with van der Waals surface area (Å²) in [5.74, 6) is -6.62. The Hall–Kier alpha value is -8.31. The van der Waals surface area contributed by atoms with Crippen LogP contribution in [0.15, 0.2) is 78.3 Å². The molecular formula is C46H59N15O9. The number of urea groups is 1. The van der Waals surface area contributed by atoms with Crippen LogP contribution in [-0.4, -0.2) is 134 Å². The number of imidazole rings is 1. The number of hydrogen-bond donors (Lipinski definition) is 12. The minimum atomic E-state index is -1.46. The lowest BCUT2D eigenvalue weighted by Crippen LogP contribution is -2.60. The number of hydrogen-bond acceptors (Lipinski definition) is 11. The van der Waals surface area contributed by atoms with E-state index in [0.29, 0.717) is 34.6 Å². The van der Waals surface area contributed by atoms with E-state index in [4.69, 9.17) is 17.2 Å². The predicted octanol–water partition coefficient (Wildman–Crippen LogP) is -2.12. The number of nitrogens with one attached hydrogen (secondary N) is 9. The Morgan fingerprint density at radius 3 is 2.07 bits per heavy atom. The molecule has 15 N–H and O–H groups in total. The highest BCUT2D eigenvalue weighted by molar-refractivity contribution is 6.09. The molecule has 2 aliphatic heterocycles. The smallest absolute Gasteiger partial charge is 0.325 e. The van der Waals surface area contributed by atoms with Crippen molar-refractivity contribution in [2.24, 2.45) is 22.2 Å². The van der Waals surface area contributed by atoms with Gasteiger partial charge in [0.15, 0.2) is 5.96 Å². The van der Waals surface area contributed by atoms with Gasteiger partial charge < -0.3 is 64.4 Å². The number of fused-ring (bicyclic) bond motifs is 3. The number of guanidine groups is 1. The average molecular weight is 966 g/mol. The second-order valence-electron chi connectivity index (χ2n) is 17.1. The minimum absolute atomic E-state index is 0.0531. The van der Waals surface area contributed by atoms with Crippen molar-refractivity contribution < 1.29 is 43.2 Å². The molecule has 2 bridgehead atoms. The van der Waals surface area contributed by atoms with E-state index in [1.54, 1.807) is 36.5 Å². The molecule has 2 aromatic heterocycles. The van der Waals surface area contributed by atoms with Gasteiger partial charge in [-0.25, -0.2) is 9.78 Å². The molecule has 6 rings (SSSR count). The van der Waals surface area contributed by atoms with E-state index in [0.717, 1.165) is 10.9 Å². The number of aromatic nitrogens is 3. The molecule has 0 radical (unpaired) electrons. The summed E-state index contributed by atoms with van der Waals surface area (Å²) in [6.07, 6.45) is 4.46. The third kappa shape index (κ3) is 13.9. The van der Waals surface area contributed by atoms with Gasteiger partial charge in [-0.05, 0) is 56.2 Å². The van der Waals surface area contributed by atoms with Gasteiger partial charge >= 0.3 is 6.03 Å². The zero-order chi connectivity index (χ0) is 50.3. The second-order valence-corrected chi connectivity index (χ2v) is 17.1. The Balaban J connectivity index is 1.35. The molecule has 70 heavy (non-hydrogen) atoms. The van der Waals surface area contributed by atoms with Crippen LogP contribution in [0, 0.1) is 0 Å². The molecule has 2 aromatic carbocycles. The third-order valence-corrected chi connectivity index (χ3v) is 11.9. The summed E-state index contributed by atoms with van der Waals surface area (Å²) in [4.78, 5) is 139. The summed E-state index contributed by atoms with van der Waals surface area (Å²) in [6.45, 7) is 1.44. The van der Waals surface area contributed by atoms with Crippen LogP contribution in [0.2, 0.25) is 0 Å². The largest absolute Gasteiger partial charge is 0.370 e. The molecule has 0 aliphatic carbocycles. The van der Waals surface area contributed by atoms with E-state index in [1.165, 1.54) is 19.4 Å². The molecule has 4 aromatic rings. The number of carbonyl (C=O) groups excluding carboxylic acids is 9. The molecule has 2 aliphatic rings. The fourth-order valence-electron chi connectivity index (χ4n) is 8.18. The Morgan fingerprint density at radius 2 is 1.37 bits per heavy atom. The number of aromatic amines is 2. The van der Waals surface area contributed by atoms with E-state index < -0.39 is 102 Å². The molecule has 24 nitrogen and oxygen atoms in total. The van der Waals surface area contributed by atoms with E-state index in [9.17, 15) is 43.2 Å². The van der Waals surface area contributed by atoms with Crippen LogP contribution in [0.25, 0.3) is 10.9 Å². The molecule has 0 saturated carbocycles. The molecule has 0 unspecified atom stereocenters. The summed E-state index contributed by atoms with van der Waals surface area (Å²) < 4.78 is 0. The number of para-hydroxylation sites is 1. The maximum absolute atomic E-state index is 14.6. The van der Waals surface area contributed by atoms with Gasteiger partial charge in [-0.15, -0.1) is 0 Å². The highest BCUT2D eigenvalue weighted by atomic mass is 16.2. The first-order valence-electron chi connectivity index (χ1n) is 22.9. The zero-order valence-electron chi connectivity index (χ0n) is 38.5. The van der Waals surface area contributed by atoms with E-state index >= 15 is 0 Å². The fraction of sp³-hybridized carbons (Fsp3) is 0.413. The molecule has 24 heteroatoms. The lowest BCUT2D eigenvalue weighted by molar-refractivity contribution is -0.138. The van der Waals surface area contributed by atoms with Gasteiger partial charge in [0.1, 0.15) is 42.3 Å². The summed E-state index contributed by atoms with van der Waals surface area (Å²) in [7, 11) is 0. The van der Waals surface area contributed by atoms with E-state index in [-0.39, 0.29) is 57.6 Å². The minimum Gasteiger partial charge on any atom is -0.370 e. The monoisotopic (exact) mass is 965 g/mol. The number of amides is 10. The summed E-state index contributed by atoms with van der Waals surface area (Å²) >= 11 is 0. The van der Waals surface area contributed by atoms with Crippen LogP contribution in [0.5, 0.6) is 0 Å². The molecule has 2 fully saturated rings. The summed E-state index contributed by atoms with van der Waals surface area (Å²) in [5, 5.41) is 19.4. The highest BCUT2D eigenvalue weighted by Crippen LogP contribution is 2.20. The molecule has 0 spiro atoms. The first-order valence-corrected chi connectivity index (χ1v) is 22.9. The number of H-pyrrole nitrogens is 2. The van der Waals surface area contributed by atoms with Gasteiger partial charge in [0.2, 0.25) is 41.4 Å². The van der Waals surface area contributed by atoms with Crippen LogP contribution in [0.1, 0.15) is 62.3 Å². The van der Waals surface area contributed by atoms with Crippen molar-refractivity contribution in [2.45, 2.75) is 107 Å². The SMILES string of the molecule is C[C@@H]1C(=O)N[C@@H](Cc2cnc[nH]2)C(=O)N[C@H](Cc2ccccc2)C(=O)N[C@@H](CCCN=C(N)N)C(=O)N[C@@H](Cc2c[nH]c3ccccc23)C(=O)N[C@H](C(N)=O)CCCCNC(=O)C[C@@H]2NC(=O)N1C2=O. The first-order chi connectivity index (χ1) is 33.6. The molecule has 2 saturated heterocycles. The van der Waals surface area contributed by atoms with Crippen LogP contribution < -0.4 is 54.4 Å². The van der Waals surface area contributed by atoms with Crippen LogP contribution in [0.3, 0.4) is 0 Å². The van der Waals surface area contributed by atoms with Gasteiger partial charge in [-0.3, -0.25) is 48.2 Å². The zero-order valence-corrected chi connectivity index (χ0v) is 38.5. The number of rotatable bonds is 11. The van der Waals surface area contributed by atoms with E-state index in [2.05, 4.69) is 57.2 Å². The quantitative estimate of drug-likeness (QED) is 0.0332. The number of aliphatic imine (C=N–C) groups is 1. The van der Waals surface area contributed by atoms with Crippen molar-refractivity contribution in [1.82, 2.24) is 57.1 Å². The number of nitrogens with zero attached hydrogens (tertiary/aromatic N) is 3. The summed E-state index contributed by atoms with van der Waals surface area (Å²) in [5.41, 5.74) is 19.3. The Bertz CT molecular complexity index is 2560. The van der Waals surface area contributed by atoms with Crippen molar-refractivity contribution >= 4 is 70.2 Å². The topological polar surface area (TPSA) is 376 Å². The van der Waals surface area contributed by atoms with Crippen molar-refractivity contribution in [3.05, 3.63) is 90.1 Å². The third-order valence-electron chi connectivity index (χ3n) is 11.9. The van der Waals surface area contributed by atoms with Crippen LogP contribution in [-0.2, 0) is 57.6 Å². The van der Waals surface area contributed by atoms with Crippen molar-refractivity contribution in [1.29, 1.82) is 0 Å². The average Bonchev–Trinajstić information content (AvgIpc) is 4.07. The second kappa shape index (κ2) is 24.1. The maximum Gasteiger partial charge on any atom is 0.325 e. The predicted molar refractivity (Wildman–Crippen MR) is 253 cm³/mol. The van der Waals surface area contributed by atoms with Gasteiger partial charge in [0.05, 0.1) is 12.7 Å². The van der Waals surface area contributed by atoms with Gasteiger partial charge in [-0.2, -0.15) is 0 Å². The van der Waals surface area contributed by atoms with Crippen LogP contribution in [0.4, 0.5) is 4.79 Å². The van der Waals surface area contributed by atoms with Gasteiger partial charge in [0, 0.05) is 61.3 Å². The lowest BCUT2D eigenvalue weighted by Gasteiger charge is -2.28. The molecule has 10 amide bonds. The Labute approximate surface area is 401 Å². The summed E-state index contributed by atoms with van der Waals surface area (Å²) in [6, 6.07) is 5.61. The number of benzene rings is 2. The van der Waals surface area contributed by atoms with E-state index in [1.807, 2.05) is 24.3 Å². The molecular weight excluding hydrogens is 907 g/mol. The van der Waals surface area contributed by atoms with Gasteiger partial charge in [0.25, 0.3) is 5.91 Å². The standard InChI is InChI=1S/C46H59N15O9/c1-25-39(64)57-35(20-28-23-50-24-54-28)43(68)58-33(18-26-10-3-2-4-11-26)41(66)56-32(15-9-17-52-45(48)49)40(65)59-34(19-27-22-53-30-13-6-5-12-29(27)30)42(67)55-31(38(47)63)14-7-8-16-51-37(62)21-36-44(69)61(25)46(70)60-36/h2-6,10-13,22-25,31-36,53H,7-9,14-21H2,1H3,(H2,47,63)(H,50,54)(H,51,62)(H,55,67)(H,56,66)(H,57,64)(H,58,68)(H,59,65)(H,60,70)(H4,48,49,52)/t25-,31+,32+,33-,34+,35+,36+/m1/s1. The molecule has 372 valence electrons. The molecule has 4 heterocycles.